The van der Waals surface area contributed by atoms with Gasteiger partial charge < -0.3 is 5.11 Å². The molecule has 0 bridgehead atoms. The molecule has 4 rings (SSSR count). The van der Waals surface area contributed by atoms with Gasteiger partial charge in [0.25, 0.3) is 5.91 Å². The first-order valence-electron chi connectivity index (χ1n) is 11.0. The quantitative estimate of drug-likeness (QED) is 0.405. The predicted molar refractivity (Wildman–Crippen MR) is 137 cm³/mol. The Kier molecular flexibility index (Phi) is 6.17. The molecule has 0 saturated heterocycles. The van der Waals surface area contributed by atoms with Crippen molar-refractivity contribution >= 4 is 40.3 Å². The maximum atomic E-state index is 13.7. The van der Waals surface area contributed by atoms with Crippen molar-refractivity contribution in [3.05, 3.63) is 91.1 Å². The summed E-state index contributed by atoms with van der Waals surface area (Å²) in [5, 5.41) is 12.3. The van der Waals surface area contributed by atoms with E-state index in [9.17, 15) is 14.7 Å². The number of aryl methyl sites for hydroxylation is 3. The Morgan fingerprint density at radius 1 is 1.09 bits per heavy atom. The molecule has 0 radical (unpaired) electrons. The maximum absolute atomic E-state index is 13.7. The van der Waals surface area contributed by atoms with Crippen molar-refractivity contribution in [1.29, 1.82) is 0 Å². The van der Waals surface area contributed by atoms with Gasteiger partial charge in [0.1, 0.15) is 0 Å². The van der Waals surface area contributed by atoms with Crippen LogP contribution in [0.4, 0.5) is 5.69 Å². The first-order valence-corrected chi connectivity index (χ1v) is 12.2. The third-order valence-electron chi connectivity index (χ3n) is 6.07. The number of carbonyl (C=O) groups is 2. The fourth-order valence-corrected chi connectivity index (χ4v) is 5.42. The fourth-order valence-electron chi connectivity index (χ4n) is 4.32. The molecule has 34 heavy (non-hydrogen) atoms. The molecule has 0 spiro atoms. The molecule has 1 atom stereocenters. The molecule has 176 valence electrons. The molecule has 1 unspecified atom stereocenters. The normalized spacial score (nSPS) is 16.5. The van der Waals surface area contributed by atoms with E-state index in [1.807, 2.05) is 38.1 Å². The lowest BCUT2D eigenvalue weighted by molar-refractivity contribution is -0.117. The van der Waals surface area contributed by atoms with Crippen molar-refractivity contribution in [2.45, 2.75) is 53.0 Å². The van der Waals surface area contributed by atoms with Gasteiger partial charge in [-0.25, -0.2) is 4.98 Å². The number of aliphatic hydroxyl groups is 1. The maximum Gasteiger partial charge on any atom is 0.294 e. The van der Waals surface area contributed by atoms with Crippen LogP contribution in [0, 0.1) is 20.8 Å². The van der Waals surface area contributed by atoms with Gasteiger partial charge in [0.05, 0.1) is 27.2 Å². The number of benzene rings is 2. The Balaban J connectivity index is 1.91. The van der Waals surface area contributed by atoms with Crippen LogP contribution in [0.2, 0.25) is 5.02 Å². The highest BCUT2D eigenvalue weighted by atomic mass is 35.5. The second kappa shape index (κ2) is 8.67. The van der Waals surface area contributed by atoms with E-state index in [0.717, 1.165) is 21.7 Å². The van der Waals surface area contributed by atoms with E-state index in [2.05, 4.69) is 25.8 Å². The number of halogens is 1. The highest BCUT2D eigenvalue weighted by Crippen LogP contribution is 2.44. The van der Waals surface area contributed by atoms with Crippen molar-refractivity contribution in [2.24, 2.45) is 0 Å². The number of rotatable bonds is 4. The number of Topliss-reactive ketones (excluding diaryl/α,β-unsaturated/α-hetero) is 1. The number of carbonyl (C=O) groups excluding carboxylic acids is 2. The summed E-state index contributed by atoms with van der Waals surface area (Å²) in [5.74, 6) is -1.53. The van der Waals surface area contributed by atoms with E-state index < -0.39 is 17.7 Å². The minimum atomic E-state index is -0.782. The molecule has 3 aromatic rings. The minimum Gasteiger partial charge on any atom is -0.503 e. The van der Waals surface area contributed by atoms with E-state index >= 15 is 0 Å². The zero-order valence-corrected chi connectivity index (χ0v) is 21.6. The zero-order valence-electron chi connectivity index (χ0n) is 20.1. The highest BCUT2D eigenvalue weighted by Gasteiger charge is 2.45. The number of nitrogens with zero attached hydrogens (tertiary/aromatic N) is 2. The fraction of sp³-hybridized carbons (Fsp3) is 0.296. The van der Waals surface area contributed by atoms with Crippen molar-refractivity contribution in [3.63, 3.8) is 0 Å². The van der Waals surface area contributed by atoms with E-state index in [-0.39, 0.29) is 16.8 Å². The molecule has 0 fully saturated rings. The summed E-state index contributed by atoms with van der Waals surface area (Å²) in [6.45, 7) is 11.8. The zero-order chi connectivity index (χ0) is 24.9. The lowest BCUT2D eigenvalue weighted by Crippen LogP contribution is -2.31. The molecule has 0 aliphatic carbocycles. The van der Waals surface area contributed by atoms with Crippen molar-refractivity contribution in [3.8, 4) is 0 Å². The number of thiazole rings is 1. The molecule has 2 heterocycles. The summed E-state index contributed by atoms with van der Waals surface area (Å²) in [6, 6.07) is 12.3. The highest BCUT2D eigenvalue weighted by molar-refractivity contribution is 7.14. The van der Waals surface area contributed by atoms with Crippen LogP contribution in [0.15, 0.2) is 53.8 Å². The second-order valence-corrected chi connectivity index (χ2v) is 11.3. The van der Waals surface area contributed by atoms with Crippen molar-refractivity contribution in [2.75, 3.05) is 4.90 Å². The molecule has 5 nitrogen and oxygen atoms in total. The van der Waals surface area contributed by atoms with Crippen LogP contribution in [0.1, 0.15) is 63.9 Å². The predicted octanol–water partition coefficient (Wildman–Crippen LogP) is 6.80. The van der Waals surface area contributed by atoms with Gasteiger partial charge in [0.2, 0.25) is 5.78 Å². The number of aliphatic hydroxyl groups excluding tert-OH is 1. The molecule has 1 aliphatic heterocycles. The Morgan fingerprint density at radius 2 is 1.74 bits per heavy atom. The van der Waals surface area contributed by atoms with Gasteiger partial charge in [-0.15, -0.1) is 11.3 Å². The van der Waals surface area contributed by atoms with E-state index in [1.54, 1.807) is 25.1 Å². The SMILES string of the molecule is Cc1nc(C)c(C(=O)C2=C(O)C(=O)N(c3ccc(Cl)cc3C)C2c2ccc(C(C)(C)C)cc2)s1. The third kappa shape index (κ3) is 4.17. The topological polar surface area (TPSA) is 70.5 Å². The Labute approximate surface area is 208 Å². The van der Waals surface area contributed by atoms with Gasteiger partial charge >= 0.3 is 0 Å². The second-order valence-electron chi connectivity index (χ2n) is 9.62. The molecular formula is C27H27ClN2O3S. The van der Waals surface area contributed by atoms with Gasteiger partial charge in [0.15, 0.2) is 5.76 Å². The van der Waals surface area contributed by atoms with Gasteiger partial charge in [-0.2, -0.15) is 0 Å². The lowest BCUT2D eigenvalue weighted by Gasteiger charge is -2.29. The number of hydrogen-bond donors (Lipinski definition) is 1. The van der Waals surface area contributed by atoms with E-state index in [0.29, 0.717) is 21.3 Å². The molecule has 1 amide bonds. The van der Waals surface area contributed by atoms with E-state index in [1.165, 1.54) is 16.2 Å². The summed E-state index contributed by atoms with van der Waals surface area (Å²) in [7, 11) is 0. The molecule has 1 aliphatic rings. The number of anilines is 1. The number of hydrogen-bond acceptors (Lipinski definition) is 5. The summed E-state index contributed by atoms with van der Waals surface area (Å²) >= 11 is 7.42. The summed E-state index contributed by atoms with van der Waals surface area (Å²) in [6.07, 6.45) is 0. The van der Waals surface area contributed by atoms with Crippen LogP contribution in [-0.2, 0) is 10.2 Å². The van der Waals surface area contributed by atoms with Gasteiger partial charge in [-0.3, -0.25) is 14.5 Å². The molecular weight excluding hydrogens is 468 g/mol. The van der Waals surface area contributed by atoms with Gasteiger partial charge in [0, 0.05) is 10.7 Å². The van der Waals surface area contributed by atoms with Crippen LogP contribution in [0.25, 0.3) is 0 Å². The number of amides is 1. The summed E-state index contributed by atoms with van der Waals surface area (Å²) in [5.41, 5.74) is 3.82. The monoisotopic (exact) mass is 494 g/mol. The van der Waals surface area contributed by atoms with Crippen LogP contribution in [0.3, 0.4) is 0 Å². The first kappa shape index (κ1) is 24.2. The molecule has 7 heteroatoms. The number of ketones is 1. The van der Waals surface area contributed by atoms with Crippen LogP contribution in [0.5, 0.6) is 0 Å². The Morgan fingerprint density at radius 3 is 2.26 bits per heavy atom. The summed E-state index contributed by atoms with van der Waals surface area (Å²) in [4.78, 5) is 33.4. The first-order chi connectivity index (χ1) is 15.9. The average molecular weight is 495 g/mol. The van der Waals surface area contributed by atoms with Crippen LogP contribution in [-0.4, -0.2) is 21.8 Å². The van der Waals surface area contributed by atoms with E-state index in [4.69, 9.17) is 11.6 Å². The third-order valence-corrected chi connectivity index (χ3v) is 7.38. The smallest absolute Gasteiger partial charge is 0.294 e. The largest absolute Gasteiger partial charge is 0.503 e. The van der Waals surface area contributed by atoms with Crippen LogP contribution < -0.4 is 4.90 Å². The molecule has 2 aromatic carbocycles. The average Bonchev–Trinajstić information content (AvgIpc) is 3.23. The molecule has 1 N–H and O–H groups in total. The van der Waals surface area contributed by atoms with Gasteiger partial charge in [-0.05, 0) is 61.1 Å². The minimum absolute atomic E-state index is 0.0512. The summed E-state index contributed by atoms with van der Waals surface area (Å²) < 4.78 is 0. The van der Waals surface area contributed by atoms with Crippen molar-refractivity contribution < 1.29 is 14.7 Å². The lowest BCUT2D eigenvalue weighted by atomic mass is 9.85. The Bertz CT molecular complexity index is 1330. The molecule has 1 aromatic heterocycles. The number of aromatic nitrogens is 1. The van der Waals surface area contributed by atoms with Gasteiger partial charge in [-0.1, -0.05) is 56.6 Å². The van der Waals surface area contributed by atoms with Crippen molar-refractivity contribution in [1.82, 2.24) is 4.98 Å². The van der Waals surface area contributed by atoms with Crippen LogP contribution >= 0.6 is 22.9 Å². The Hall–Kier alpha value is -2.96. The molecule has 0 saturated carbocycles. The standard InChI is InChI=1S/C27H27ClN2O3S/c1-14-13-19(28)11-12-20(14)30-22(17-7-9-18(10-8-17)27(4,5)6)21(24(32)26(30)33)23(31)25-15(2)29-16(3)34-25/h7-13,22,32H,1-6H3.